The zero-order valence-electron chi connectivity index (χ0n) is 26.6. The number of nitrogens with zero attached hydrogens (tertiary/aromatic N) is 1. The van der Waals surface area contributed by atoms with Crippen molar-refractivity contribution in [1.82, 2.24) is 4.98 Å². The third kappa shape index (κ3) is 4.26. The molecule has 2 heterocycles. The van der Waals surface area contributed by atoms with Gasteiger partial charge in [0, 0.05) is 34.9 Å². The molecule has 0 saturated carbocycles. The Labute approximate surface area is 285 Å². The number of anilines is 2. The second-order valence-electron chi connectivity index (χ2n) is 12.9. The van der Waals surface area contributed by atoms with Crippen molar-refractivity contribution >= 4 is 22.1 Å². The smallest absolute Gasteiger partial charge is 0.132 e. The molecule has 0 unspecified atom stereocenters. The van der Waals surface area contributed by atoms with E-state index in [9.17, 15) is 0 Å². The first kappa shape index (κ1) is 27.6. The van der Waals surface area contributed by atoms with Gasteiger partial charge in [-0.2, -0.15) is 0 Å². The predicted octanol–water partition coefficient (Wildman–Crippen LogP) is 11.8. The Bertz CT molecular complexity index is 2510. The van der Waals surface area contributed by atoms with Crippen molar-refractivity contribution in [2.75, 3.05) is 5.32 Å². The molecular weight excluding hydrogens is 597 g/mol. The third-order valence-electron chi connectivity index (χ3n) is 10.2. The summed E-state index contributed by atoms with van der Waals surface area (Å²) in [5.41, 5.74) is 13.5. The van der Waals surface area contributed by atoms with Crippen molar-refractivity contribution in [3.63, 3.8) is 0 Å². The maximum absolute atomic E-state index is 6.76. The second kappa shape index (κ2) is 10.8. The van der Waals surface area contributed by atoms with Gasteiger partial charge in [-0.05, 0) is 116 Å². The Morgan fingerprint density at radius 2 is 0.959 bits per heavy atom. The van der Waals surface area contributed by atoms with E-state index in [2.05, 4.69) is 174 Å². The van der Waals surface area contributed by atoms with E-state index in [0.29, 0.717) is 0 Å². The molecule has 0 amide bonds. The molecular formula is C46H30N2O. The van der Waals surface area contributed by atoms with Gasteiger partial charge in [0.2, 0.25) is 0 Å². The van der Waals surface area contributed by atoms with E-state index in [0.717, 1.165) is 45.1 Å². The molecule has 0 fully saturated rings. The van der Waals surface area contributed by atoms with Crippen molar-refractivity contribution in [2.24, 2.45) is 0 Å². The molecule has 2 aliphatic rings. The van der Waals surface area contributed by atoms with E-state index >= 15 is 0 Å². The van der Waals surface area contributed by atoms with Crippen molar-refractivity contribution in [2.45, 2.75) is 5.41 Å². The number of ether oxygens (including phenoxy) is 1. The molecule has 7 aromatic carbocycles. The van der Waals surface area contributed by atoms with Crippen LogP contribution in [0.15, 0.2) is 176 Å². The molecule has 0 radical (unpaired) electrons. The molecule has 49 heavy (non-hydrogen) atoms. The second-order valence-corrected chi connectivity index (χ2v) is 12.9. The zero-order valence-corrected chi connectivity index (χ0v) is 26.6. The summed E-state index contributed by atoms with van der Waals surface area (Å²) in [5, 5.41) is 6.15. The van der Waals surface area contributed by atoms with Gasteiger partial charge in [0.15, 0.2) is 0 Å². The van der Waals surface area contributed by atoms with E-state index < -0.39 is 5.41 Å². The van der Waals surface area contributed by atoms with Crippen LogP contribution in [-0.4, -0.2) is 4.98 Å². The van der Waals surface area contributed by atoms with Crippen LogP contribution in [0.1, 0.15) is 22.3 Å². The molecule has 0 saturated heterocycles. The summed E-state index contributed by atoms with van der Waals surface area (Å²) in [6, 6.07) is 58.8. The Kier molecular flexibility index (Phi) is 6.09. The lowest BCUT2D eigenvalue weighted by atomic mass is 9.65. The topological polar surface area (TPSA) is 34.2 Å². The SMILES string of the molecule is c1ccc(-c2ccc3cc(Nc4ccc5c(c4)C4(c6cc(-c7ccncc7)ccc6O5)c5ccccc5-c5ccccc54)ccc3c2)cc1. The highest BCUT2D eigenvalue weighted by molar-refractivity contribution is 5.92. The van der Waals surface area contributed by atoms with Crippen LogP contribution in [0.2, 0.25) is 0 Å². The summed E-state index contributed by atoms with van der Waals surface area (Å²) in [6.45, 7) is 0. The molecule has 1 aliphatic heterocycles. The molecule has 1 aliphatic carbocycles. The number of benzene rings is 7. The Hall–Kier alpha value is -6.45. The monoisotopic (exact) mass is 626 g/mol. The van der Waals surface area contributed by atoms with Crippen molar-refractivity contribution in [3.8, 4) is 44.9 Å². The first-order chi connectivity index (χ1) is 24.3. The standard InChI is InChI=1S/C46H30N2O/c1-2-8-30(9-3-1)32-14-15-34-27-36(18-16-33(34)26-32)48-37-19-21-45-43(29-37)46(40-12-6-4-10-38(40)39-11-5-7-13-41(39)46)42-28-35(17-20-44(42)49-45)31-22-24-47-25-23-31/h1-29,48H. The van der Waals surface area contributed by atoms with Crippen LogP contribution in [0.3, 0.4) is 0 Å². The van der Waals surface area contributed by atoms with Gasteiger partial charge in [-0.25, -0.2) is 0 Å². The summed E-state index contributed by atoms with van der Waals surface area (Å²) in [7, 11) is 0. The quantitative estimate of drug-likeness (QED) is 0.211. The van der Waals surface area contributed by atoms with Crippen molar-refractivity contribution < 1.29 is 4.74 Å². The minimum atomic E-state index is -0.561. The maximum Gasteiger partial charge on any atom is 0.132 e. The van der Waals surface area contributed by atoms with Gasteiger partial charge in [-0.3, -0.25) is 4.98 Å². The fraction of sp³-hybridized carbons (Fsp3) is 0.0217. The number of pyridine rings is 1. The minimum absolute atomic E-state index is 0.561. The molecule has 8 aromatic rings. The van der Waals surface area contributed by atoms with E-state index in [1.807, 2.05) is 12.4 Å². The normalized spacial score (nSPS) is 13.2. The largest absolute Gasteiger partial charge is 0.457 e. The molecule has 0 atom stereocenters. The van der Waals surface area contributed by atoms with E-state index in [-0.39, 0.29) is 0 Å². The van der Waals surface area contributed by atoms with Crippen molar-refractivity contribution in [3.05, 3.63) is 198 Å². The first-order valence-corrected chi connectivity index (χ1v) is 16.7. The number of hydrogen-bond acceptors (Lipinski definition) is 3. The van der Waals surface area contributed by atoms with Gasteiger partial charge in [-0.1, -0.05) is 103 Å². The average Bonchev–Trinajstić information content (AvgIpc) is 3.46. The predicted molar refractivity (Wildman–Crippen MR) is 200 cm³/mol. The lowest BCUT2D eigenvalue weighted by Gasteiger charge is -2.40. The molecule has 230 valence electrons. The number of rotatable bonds is 4. The molecule has 1 spiro atoms. The Morgan fingerprint density at radius 1 is 0.408 bits per heavy atom. The third-order valence-corrected chi connectivity index (χ3v) is 10.2. The van der Waals surface area contributed by atoms with Gasteiger partial charge in [0.25, 0.3) is 0 Å². The van der Waals surface area contributed by atoms with Crippen LogP contribution >= 0.6 is 0 Å². The van der Waals surface area contributed by atoms with Crippen LogP contribution in [0.4, 0.5) is 11.4 Å². The van der Waals surface area contributed by atoms with Gasteiger partial charge in [0.05, 0.1) is 5.41 Å². The van der Waals surface area contributed by atoms with Gasteiger partial charge in [0.1, 0.15) is 11.5 Å². The Morgan fingerprint density at radius 3 is 1.73 bits per heavy atom. The zero-order chi connectivity index (χ0) is 32.4. The van der Waals surface area contributed by atoms with Crippen LogP contribution in [0.25, 0.3) is 44.2 Å². The molecule has 3 heteroatoms. The molecule has 10 rings (SSSR count). The van der Waals surface area contributed by atoms with Gasteiger partial charge >= 0.3 is 0 Å². The number of hydrogen-bond donors (Lipinski definition) is 1. The Balaban J connectivity index is 1.13. The molecule has 1 N–H and O–H groups in total. The summed E-state index contributed by atoms with van der Waals surface area (Å²) >= 11 is 0. The summed E-state index contributed by atoms with van der Waals surface area (Å²) in [6.07, 6.45) is 3.70. The molecule has 1 aromatic heterocycles. The lowest BCUT2D eigenvalue weighted by molar-refractivity contribution is 0.436. The molecule has 3 nitrogen and oxygen atoms in total. The highest BCUT2D eigenvalue weighted by Crippen LogP contribution is 2.62. The van der Waals surface area contributed by atoms with Crippen LogP contribution in [-0.2, 0) is 5.41 Å². The summed E-state index contributed by atoms with van der Waals surface area (Å²) < 4.78 is 6.76. The fourth-order valence-corrected chi connectivity index (χ4v) is 8.01. The number of fused-ring (bicyclic) bond motifs is 10. The number of aromatic nitrogens is 1. The van der Waals surface area contributed by atoms with E-state index in [1.165, 1.54) is 44.2 Å². The summed E-state index contributed by atoms with van der Waals surface area (Å²) in [5.74, 6) is 1.75. The van der Waals surface area contributed by atoms with Crippen LogP contribution < -0.4 is 10.1 Å². The first-order valence-electron chi connectivity index (χ1n) is 16.7. The lowest BCUT2D eigenvalue weighted by Crippen LogP contribution is -2.32. The van der Waals surface area contributed by atoms with Crippen LogP contribution in [0.5, 0.6) is 11.5 Å². The van der Waals surface area contributed by atoms with Crippen molar-refractivity contribution in [1.29, 1.82) is 0 Å². The highest BCUT2D eigenvalue weighted by atomic mass is 16.5. The minimum Gasteiger partial charge on any atom is -0.457 e. The van der Waals surface area contributed by atoms with Gasteiger partial charge < -0.3 is 10.1 Å². The average molecular weight is 627 g/mol. The van der Waals surface area contributed by atoms with E-state index in [4.69, 9.17) is 4.74 Å². The fourth-order valence-electron chi connectivity index (χ4n) is 8.01. The van der Waals surface area contributed by atoms with Gasteiger partial charge in [-0.15, -0.1) is 0 Å². The van der Waals surface area contributed by atoms with E-state index in [1.54, 1.807) is 0 Å². The maximum atomic E-state index is 6.76. The van der Waals surface area contributed by atoms with Crippen LogP contribution in [0, 0.1) is 0 Å². The highest BCUT2D eigenvalue weighted by Gasteiger charge is 2.51. The number of nitrogens with one attached hydrogen (secondary N) is 1. The summed E-state index contributed by atoms with van der Waals surface area (Å²) in [4.78, 5) is 4.26. The molecule has 0 bridgehead atoms.